The zero-order chi connectivity index (χ0) is 7.07. The van der Waals surface area contributed by atoms with E-state index in [1.165, 1.54) is 0 Å². The number of ketones is 1. The van der Waals surface area contributed by atoms with Gasteiger partial charge in [0.1, 0.15) is 5.66 Å². The lowest BCUT2D eigenvalue weighted by molar-refractivity contribution is -0.133. The summed E-state index contributed by atoms with van der Waals surface area (Å²) < 4.78 is 0. The Hall–Kier alpha value is -0.390. The van der Waals surface area contributed by atoms with Crippen molar-refractivity contribution in [3.63, 3.8) is 0 Å². The topological polar surface area (TPSA) is 86.2 Å². The molecule has 0 aliphatic carbocycles. The fourth-order valence-corrected chi connectivity index (χ4v) is 1.33. The summed E-state index contributed by atoms with van der Waals surface area (Å²) in [7, 11) is 0. The first-order chi connectivity index (χ1) is 4.04. The van der Waals surface area contributed by atoms with Gasteiger partial charge in [0, 0.05) is 5.75 Å². The molecule has 0 aromatic carbocycles. The van der Waals surface area contributed by atoms with Crippen molar-refractivity contribution in [1.82, 2.24) is 0 Å². The summed E-state index contributed by atoms with van der Waals surface area (Å²) in [5.41, 5.74) is 9.00. The van der Waals surface area contributed by atoms with Gasteiger partial charge in [0.25, 0.3) is 5.12 Å². The van der Waals surface area contributed by atoms with E-state index in [2.05, 4.69) is 0 Å². The van der Waals surface area contributed by atoms with Crippen LogP contribution in [0.15, 0.2) is 0 Å². The van der Waals surface area contributed by atoms with Crippen LogP contribution < -0.4 is 11.5 Å². The number of rotatable bonds is 0. The summed E-state index contributed by atoms with van der Waals surface area (Å²) in [6, 6.07) is 0. The van der Waals surface area contributed by atoms with E-state index < -0.39 is 16.6 Å². The number of thioether (sulfide) groups is 1. The van der Waals surface area contributed by atoms with Crippen LogP contribution in [0.1, 0.15) is 0 Å². The third-order valence-electron chi connectivity index (χ3n) is 1.05. The fourth-order valence-electron chi connectivity index (χ4n) is 0.506. The van der Waals surface area contributed by atoms with Crippen LogP contribution in [0.5, 0.6) is 0 Å². The lowest BCUT2D eigenvalue weighted by Crippen LogP contribution is -2.56. The Morgan fingerprint density at radius 2 is 2.00 bits per heavy atom. The second-order valence-corrected chi connectivity index (χ2v) is 2.89. The van der Waals surface area contributed by atoms with Gasteiger partial charge in [0.15, 0.2) is 0 Å². The molecule has 0 unspecified atom stereocenters. The molecule has 50 valence electrons. The highest BCUT2D eigenvalue weighted by molar-refractivity contribution is 8.16. The highest BCUT2D eigenvalue weighted by Gasteiger charge is 2.41. The molecule has 0 bridgehead atoms. The van der Waals surface area contributed by atoms with E-state index in [0.717, 1.165) is 11.8 Å². The Labute approximate surface area is 56.0 Å². The molecule has 1 aliphatic heterocycles. The van der Waals surface area contributed by atoms with Crippen molar-refractivity contribution in [3.05, 3.63) is 0 Å². The predicted molar refractivity (Wildman–Crippen MR) is 33.6 cm³/mol. The molecular weight excluding hydrogens is 140 g/mol. The second-order valence-electron chi connectivity index (χ2n) is 1.95. The van der Waals surface area contributed by atoms with Crippen LogP contribution in [0.3, 0.4) is 0 Å². The molecule has 0 spiro atoms. The van der Waals surface area contributed by atoms with Crippen molar-refractivity contribution in [2.24, 2.45) is 11.5 Å². The molecule has 4 N–H and O–H groups in total. The number of hydrogen-bond acceptors (Lipinski definition) is 5. The largest absolute Gasteiger partial charge is 0.306 e. The molecule has 1 rings (SSSR count). The van der Waals surface area contributed by atoms with Crippen molar-refractivity contribution in [2.45, 2.75) is 5.66 Å². The Morgan fingerprint density at radius 3 is 2.11 bits per heavy atom. The summed E-state index contributed by atoms with van der Waals surface area (Å²) in [6.07, 6.45) is 0. The Morgan fingerprint density at radius 1 is 1.44 bits per heavy atom. The van der Waals surface area contributed by atoms with Gasteiger partial charge in [0.2, 0.25) is 5.78 Å². The molecule has 1 heterocycles. The molecule has 1 aliphatic rings. The standard InChI is InChI=1S/C4H6N2O2S/c5-4(6)1-9-3(8)2(4)7/h1,5-6H2. The maximum Gasteiger partial charge on any atom is 0.258 e. The van der Waals surface area contributed by atoms with Gasteiger partial charge in [0.05, 0.1) is 0 Å². The summed E-state index contributed by atoms with van der Waals surface area (Å²) in [4.78, 5) is 21.0. The highest BCUT2D eigenvalue weighted by atomic mass is 32.2. The zero-order valence-electron chi connectivity index (χ0n) is 4.59. The molecule has 0 saturated carbocycles. The van der Waals surface area contributed by atoms with Crippen molar-refractivity contribution < 1.29 is 9.59 Å². The van der Waals surface area contributed by atoms with Crippen LogP contribution in [0.25, 0.3) is 0 Å². The van der Waals surface area contributed by atoms with Crippen molar-refractivity contribution in [3.8, 4) is 0 Å². The molecular formula is C4H6N2O2S. The summed E-state index contributed by atoms with van der Waals surface area (Å²) in [5.74, 6) is -0.475. The monoisotopic (exact) mass is 146 g/mol. The normalized spacial score (nSPS) is 25.1. The lowest BCUT2D eigenvalue weighted by atomic mass is 10.1. The maximum absolute atomic E-state index is 10.6. The number of carbonyl (C=O) groups excluding carboxylic acids is 2. The summed E-state index contributed by atoms with van der Waals surface area (Å²) >= 11 is 0.874. The van der Waals surface area contributed by atoms with Crippen molar-refractivity contribution >= 4 is 22.7 Å². The number of hydrogen-bond donors (Lipinski definition) is 2. The van der Waals surface area contributed by atoms with Crippen LogP contribution in [0.2, 0.25) is 0 Å². The lowest BCUT2D eigenvalue weighted by Gasteiger charge is -2.10. The van der Waals surface area contributed by atoms with E-state index >= 15 is 0 Å². The van der Waals surface area contributed by atoms with E-state index in [1.807, 2.05) is 0 Å². The second kappa shape index (κ2) is 1.80. The van der Waals surface area contributed by atoms with E-state index in [-0.39, 0.29) is 5.75 Å². The van der Waals surface area contributed by atoms with Gasteiger partial charge in [-0.05, 0) is 0 Å². The van der Waals surface area contributed by atoms with Crippen LogP contribution in [0, 0.1) is 0 Å². The average Bonchev–Trinajstić information content (AvgIpc) is 1.97. The molecule has 1 saturated heterocycles. The Kier molecular flexibility index (Phi) is 1.34. The van der Waals surface area contributed by atoms with Crippen molar-refractivity contribution in [2.75, 3.05) is 5.75 Å². The van der Waals surface area contributed by atoms with Gasteiger partial charge < -0.3 is 11.5 Å². The molecule has 5 heteroatoms. The third-order valence-corrected chi connectivity index (χ3v) is 2.12. The minimum absolute atomic E-state index is 0.199. The molecule has 0 aromatic heterocycles. The van der Waals surface area contributed by atoms with Crippen LogP contribution in [-0.4, -0.2) is 22.3 Å². The van der Waals surface area contributed by atoms with Gasteiger partial charge in [-0.3, -0.25) is 9.59 Å². The van der Waals surface area contributed by atoms with E-state index in [1.54, 1.807) is 0 Å². The summed E-state index contributed by atoms with van der Waals surface area (Å²) in [6.45, 7) is 0. The van der Waals surface area contributed by atoms with Crippen LogP contribution in [0.4, 0.5) is 0 Å². The Balaban J connectivity index is 2.86. The molecule has 9 heavy (non-hydrogen) atoms. The zero-order valence-corrected chi connectivity index (χ0v) is 5.40. The Bertz CT molecular complexity index is 177. The molecule has 4 nitrogen and oxygen atoms in total. The first-order valence-electron chi connectivity index (χ1n) is 2.33. The van der Waals surface area contributed by atoms with Crippen LogP contribution >= 0.6 is 11.8 Å². The predicted octanol–water partition coefficient (Wildman–Crippen LogP) is -1.56. The van der Waals surface area contributed by atoms with Gasteiger partial charge in [-0.2, -0.15) is 0 Å². The molecule has 0 atom stereocenters. The minimum atomic E-state index is -1.40. The molecule has 0 aromatic rings. The van der Waals surface area contributed by atoms with Gasteiger partial charge in [-0.1, -0.05) is 11.8 Å². The maximum atomic E-state index is 10.6. The number of Topliss-reactive ketones (excluding diaryl/α,β-unsaturated/α-hetero) is 1. The molecule has 0 amide bonds. The van der Waals surface area contributed by atoms with Gasteiger partial charge in [-0.15, -0.1) is 0 Å². The average molecular weight is 146 g/mol. The van der Waals surface area contributed by atoms with E-state index in [4.69, 9.17) is 11.5 Å². The fraction of sp³-hybridized carbons (Fsp3) is 0.500. The van der Waals surface area contributed by atoms with Crippen LogP contribution in [-0.2, 0) is 9.59 Å². The quantitative estimate of drug-likeness (QED) is 0.319. The van der Waals surface area contributed by atoms with Gasteiger partial charge >= 0.3 is 0 Å². The third kappa shape index (κ3) is 0.983. The molecule has 0 radical (unpaired) electrons. The first-order valence-corrected chi connectivity index (χ1v) is 3.32. The van der Waals surface area contributed by atoms with Gasteiger partial charge in [-0.25, -0.2) is 0 Å². The molecule has 1 fully saturated rings. The van der Waals surface area contributed by atoms with E-state index in [9.17, 15) is 9.59 Å². The van der Waals surface area contributed by atoms with Crippen molar-refractivity contribution in [1.29, 1.82) is 0 Å². The number of carbonyl (C=O) groups is 2. The highest BCUT2D eigenvalue weighted by Crippen LogP contribution is 2.19. The van der Waals surface area contributed by atoms with E-state index in [0.29, 0.717) is 0 Å². The number of nitrogens with two attached hydrogens (primary N) is 2. The SMILES string of the molecule is NC1(N)CSC(=O)C1=O. The smallest absolute Gasteiger partial charge is 0.258 e. The minimum Gasteiger partial charge on any atom is -0.306 e. The summed E-state index contributed by atoms with van der Waals surface area (Å²) in [5, 5.41) is -0.528. The first kappa shape index (κ1) is 6.73.